The quantitative estimate of drug-likeness (QED) is 0.765. The highest BCUT2D eigenvalue weighted by atomic mass is 16.4. The fourth-order valence-electron chi connectivity index (χ4n) is 2.49. The summed E-state index contributed by atoms with van der Waals surface area (Å²) in [6, 6.07) is 7.67. The van der Waals surface area contributed by atoms with Crippen molar-refractivity contribution in [2.24, 2.45) is 5.73 Å². The van der Waals surface area contributed by atoms with E-state index in [1.54, 1.807) is 0 Å². The molecule has 19 heavy (non-hydrogen) atoms. The Morgan fingerprint density at radius 1 is 1.47 bits per heavy atom. The number of nitrogens with two attached hydrogens (primary N) is 1. The van der Waals surface area contributed by atoms with Gasteiger partial charge in [-0.2, -0.15) is 0 Å². The van der Waals surface area contributed by atoms with E-state index in [0.717, 1.165) is 22.3 Å². The summed E-state index contributed by atoms with van der Waals surface area (Å²) in [7, 11) is 1.93. The number of aryl methyl sites for hydroxylation is 1. The van der Waals surface area contributed by atoms with Crippen LogP contribution in [0.1, 0.15) is 12.1 Å². The molecule has 102 valence electrons. The van der Waals surface area contributed by atoms with E-state index in [2.05, 4.69) is 4.98 Å². The second-order valence-electron chi connectivity index (χ2n) is 4.88. The van der Waals surface area contributed by atoms with Gasteiger partial charge in [0.2, 0.25) is 0 Å². The summed E-state index contributed by atoms with van der Waals surface area (Å²) in [5, 5.41) is 9.88. The number of para-hydroxylation sites is 1. The van der Waals surface area contributed by atoms with Crippen LogP contribution in [0.2, 0.25) is 0 Å². The smallest absolute Gasteiger partial charge is 0.304 e. The summed E-state index contributed by atoms with van der Waals surface area (Å²) in [4.78, 5) is 16.0. The minimum absolute atomic E-state index is 0.0221. The van der Waals surface area contributed by atoms with Crippen LogP contribution in [0.5, 0.6) is 0 Å². The van der Waals surface area contributed by atoms with Gasteiger partial charge in [0.1, 0.15) is 0 Å². The van der Waals surface area contributed by atoms with Gasteiger partial charge in [-0.05, 0) is 13.0 Å². The van der Waals surface area contributed by atoms with E-state index >= 15 is 0 Å². The molecule has 0 saturated carbocycles. The zero-order valence-electron chi connectivity index (χ0n) is 11.2. The van der Waals surface area contributed by atoms with E-state index in [9.17, 15) is 4.79 Å². The molecule has 0 spiro atoms. The number of aromatic amines is 1. The van der Waals surface area contributed by atoms with Gasteiger partial charge in [-0.25, -0.2) is 0 Å². The zero-order valence-corrected chi connectivity index (χ0v) is 11.2. The van der Waals surface area contributed by atoms with Crippen LogP contribution in [-0.4, -0.2) is 35.7 Å². The Bertz CT molecular complexity index is 591. The van der Waals surface area contributed by atoms with Crippen molar-refractivity contribution in [3.63, 3.8) is 0 Å². The molecule has 5 heteroatoms. The number of nitrogens with one attached hydrogen (secondary N) is 1. The third kappa shape index (κ3) is 2.88. The van der Waals surface area contributed by atoms with Gasteiger partial charge in [0.25, 0.3) is 0 Å². The maximum Gasteiger partial charge on any atom is 0.304 e. The Labute approximate surface area is 112 Å². The zero-order chi connectivity index (χ0) is 14.0. The molecule has 0 radical (unpaired) electrons. The standard InChI is InChI=1S/C14H19N3O2/c1-9-14(11-5-3-4-6-12(11)16-9)17(2)8-10(15)7-13(18)19/h3-6,10,16H,7-8,15H2,1-2H3,(H,18,19). The molecule has 0 aliphatic rings. The van der Waals surface area contributed by atoms with Crippen LogP contribution in [0.3, 0.4) is 0 Å². The lowest BCUT2D eigenvalue weighted by Crippen LogP contribution is -2.37. The maximum absolute atomic E-state index is 10.7. The Kier molecular flexibility index (Phi) is 3.76. The number of carbonyl (C=O) groups is 1. The van der Waals surface area contributed by atoms with Crippen molar-refractivity contribution >= 4 is 22.6 Å². The van der Waals surface area contributed by atoms with Gasteiger partial charge in [-0.15, -0.1) is 0 Å². The number of fused-ring (bicyclic) bond motifs is 1. The number of carboxylic acid groups (broad SMARTS) is 1. The first-order valence-electron chi connectivity index (χ1n) is 6.25. The van der Waals surface area contributed by atoms with Crippen molar-refractivity contribution in [1.82, 2.24) is 4.98 Å². The summed E-state index contributed by atoms with van der Waals surface area (Å²) in [6.07, 6.45) is -0.0221. The molecule has 0 bridgehead atoms. The van der Waals surface area contributed by atoms with E-state index in [1.807, 2.05) is 43.1 Å². The third-order valence-corrected chi connectivity index (χ3v) is 3.19. The van der Waals surface area contributed by atoms with Crippen molar-refractivity contribution in [2.75, 3.05) is 18.5 Å². The van der Waals surface area contributed by atoms with Crippen molar-refractivity contribution in [1.29, 1.82) is 0 Å². The lowest BCUT2D eigenvalue weighted by molar-refractivity contribution is -0.137. The Balaban J connectivity index is 2.23. The number of likely N-dealkylation sites (N-methyl/N-ethyl adjacent to an activating group) is 1. The SMILES string of the molecule is Cc1[nH]c2ccccc2c1N(C)CC(N)CC(=O)O. The number of H-pyrrole nitrogens is 1. The predicted octanol–water partition coefficient (Wildman–Crippen LogP) is 1.71. The molecular formula is C14H19N3O2. The molecule has 1 aromatic heterocycles. The molecule has 0 aliphatic heterocycles. The molecule has 0 aliphatic carbocycles. The van der Waals surface area contributed by atoms with Gasteiger partial charge in [0.05, 0.1) is 12.1 Å². The van der Waals surface area contributed by atoms with Crippen LogP contribution in [0.4, 0.5) is 5.69 Å². The molecule has 5 nitrogen and oxygen atoms in total. The summed E-state index contributed by atoms with van der Waals surface area (Å²) in [6.45, 7) is 2.52. The fourth-order valence-corrected chi connectivity index (χ4v) is 2.49. The Hall–Kier alpha value is -2.01. The van der Waals surface area contributed by atoms with Crippen LogP contribution in [0.15, 0.2) is 24.3 Å². The number of carboxylic acids is 1. The topological polar surface area (TPSA) is 82.3 Å². The van der Waals surface area contributed by atoms with Gasteiger partial charge in [0.15, 0.2) is 0 Å². The van der Waals surface area contributed by atoms with E-state index in [-0.39, 0.29) is 12.5 Å². The molecule has 0 fully saturated rings. The molecule has 0 amide bonds. The molecule has 1 unspecified atom stereocenters. The normalized spacial score (nSPS) is 12.6. The molecule has 1 atom stereocenters. The number of aliphatic carboxylic acids is 1. The van der Waals surface area contributed by atoms with Crippen molar-refractivity contribution in [3.8, 4) is 0 Å². The van der Waals surface area contributed by atoms with Gasteiger partial charge in [-0.3, -0.25) is 4.79 Å². The number of benzene rings is 1. The lowest BCUT2D eigenvalue weighted by atomic mass is 10.1. The highest BCUT2D eigenvalue weighted by Crippen LogP contribution is 2.29. The highest BCUT2D eigenvalue weighted by molar-refractivity contribution is 5.94. The Morgan fingerprint density at radius 3 is 2.84 bits per heavy atom. The second-order valence-corrected chi connectivity index (χ2v) is 4.88. The van der Waals surface area contributed by atoms with E-state index < -0.39 is 5.97 Å². The molecule has 2 aromatic rings. The first-order valence-corrected chi connectivity index (χ1v) is 6.25. The number of anilines is 1. The maximum atomic E-state index is 10.7. The van der Waals surface area contributed by atoms with Crippen LogP contribution < -0.4 is 10.6 Å². The predicted molar refractivity (Wildman–Crippen MR) is 76.5 cm³/mol. The largest absolute Gasteiger partial charge is 0.481 e. The van der Waals surface area contributed by atoms with Gasteiger partial charge in [0, 0.05) is 36.2 Å². The highest BCUT2D eigenvalue weighted by Gasteiger charge is 2.16. The second kappa shape index (κ2) is 5.32. The molecule has 4 N–H and O–H groups in total. The lowest BCUT2D eigenvalue weighted by Gasteiger charge is -2.23. The Morgan fingerprint density at radius 2 is 2.16 bits per heavy atom. The van der Waals surface area contributed by atoms with E-state index in [0.29, 0.717) is 6.54 Å². The number of hydrogen-bond acceptors (Lipinski definition) is 3. The first kappa shape index (κ1) is 13.4. The molecule has 0 saturated heterocycles. The van der Waals surface area contributed by atoms with E-state index in [1.165, 1.54) is 0 Å². The van der Waals surface area contributed by atoms with Crippen molar-refractivity contribution in [2.45, 2.75) is 19.4 Å². The summed E-state index contributed by atoms with van der Waals surface area (Å²) in [5.74, 6) is -0.864. The summed E-state index contributed by atoms with van der Waals surface area (Å²) < 4.78 is 0. The van der Waals surface area contributed by atoms with Crippen LogP contribution in [0, 0.1) is 6.92 Å². The monoisotopic (exact) mass is 261 g/mol. The van der Waals surface area contributed by atoms with Crippen molar-refractivity contribution in [3.05, 3.63) is 30.0 Å². The van der Waals surface area contributed by atoms with Crippen LogP contribution in [0.25, 0.3) is 10.9 Å². The molecule has 1 aromatic carbocycles. The van der Waals surface area contributed by atoms with E-state index in [4.69, 9.17) is 10.8 Å². The number of nitrogens with zero attached hydrogens (tertiary/aromatic N) is 1. The number of aromatic nitrogens is 1. The number of hydrogen-bond donors (Lipinski definition) is 3. The van der Waals surface area contributed by atoms with Crippen LogP contribution in [-0.2, 0) is 4.79 Å². The minimum Gasteiger partial charge on any atom is -0.481 e. The van der Waals surface area contributed by atoms with Gasteiger partial charge in [-0.1, -0.05) is 18.2 Å². The van der Waals surface area contributed by atoms with Crippen molar-refractivity contribution < 1.29 is 9.90 Å². The van der Waals surface area contributed by atoms with Crippen LogP contribution >= 0.6 is 0 Å². The number of rotatable bonds is 5. The molecule has 2 rings (SSSR count). The summed E-state index contributed by atoms with van der Waals surface area (Å²) >= 11 is 0. The third-order valence-electron chi connectivity index (χ3n) is 3.19. The minimum atomic E-state index is -0.864. The average Bonchev–Trinajstić information content (AvgIpc) is 2.63. The first-order chi connectivity index (χ1) is 8.99. The molecular weight excluding hydrogens is 242 g/mol. The van der Waals surface area contributed by atoms with Gasteiger partial charge < -0.3 is 20.7 Å². The average molecular weight is 261 g/mol. The van der Waals surface area contributed by atoms with Gasteiger partial charge >= 0.3 is 5.97 Å². The molecule has 1 heterocycles. The summed E-state index contributed by atoms with van der Waals surface area (Å²) in [5.41, 5.74) is 9.06. The fraction of sp³-hybridized carbons (Fsp3) is 0.357.